The highest BCUT2D eigenvalue weighted by Crippen LogP contribution is 2.29. The average molecular weight is 210 g/mol. The summed E-state index contributed by atoms with van der Waals surface area (Å²) in [4.78, 5) is 2.72. The van der Waals surface area contributed by atoms with Gasteiger partial charge in [-0.1, -0.05) is 6.92 Å². The molecule has 0 aromatic rings. The lowest BCUT2D eigenvalue weighted by Crippen LogP contribution is -2.53. The summed E-state index contributed by atoms with van der Waals surface area (Å²) in [7, 11) is 0. The van der Waals surface area contributed by atoms with Crippen LogP contribution >= 0.6 is 0 Å². The van der Waals surface area contributed by atoms with Crippen LogP contribution in [0.1, 0.15) is 52.4 Å². The molecular formula is C13H26N2. The van der Waals surface area contributed by atoms with Crippen LogP contribution in [0, 0.1) is 0 Å². The molecule has 2 rings (SSSR count). The summed E-state index contributed by atoms with van der Waals surface area (Å²) in [5.41, 5.74) is 0. The van der Waals surface area contributed by atoms with Gasteiger partial charge >= 0.3 is 0 Å². The minimum atomic E-state index is 0.817. The quantitative estimate of drug-likeness (QED) is 0.766. The second kappa shape index (κ2) is 5.31. The van der Waals surface area contributed by atoms with Gasteiger partial charge in [-0.05, 0) is 52.0 Å². The second-order valence-corrected chi connectivity index (χ2v) is 5.34. The zero-order valence-corrected chi connectivity index (χ0v) is 10.3. The van der Waals surface area contributed by atoms with Crippen molar-refractivity contribution in [3.05, 3.63) is 0 Å². The van der Waals surface area contributed by atoms with E-state index in [-0.39, 0.29) is 0 Å². The van der Waals surface area contributed by atoms with E-state index in [1.807, 2.05) is 0 Å². The van der Waals surface area contributed by atoms with Crippen molar-refractivity contribution in [1.82, 2.24) is 10.2 Å². The van der Waals surface area contributed by atoms with E-state index in [0.717, 1.165) is 18.1 Å². The first kappa shape index (κ1) is 11.4. The third kappa shape index (κ3) is 2.73. The minimum absolute atomic E-state index is 0.817. The molecule has 1 aliphatic heterocycles. The lowest BCUT2D eigenvalue weighted by Gasteiger charge is -2.47. The highest BCUT2D eigenvalue weighted by Gasteiger charge is 2.32. The van der Waals surface area contributed by atoms with Crippen molar-refractivity contribution in [2.45, 2.75) is 70.5 Å². The average Bonchev–Trinajstić information content (AvgIpc) is 2.26. The van der Waals surface area contributed by atoms with Crippen LogP contribution in [0.3, 0.4) is 0 Å². The topological polar surface area (TPSA) is 15.3 Å². The predicted molar refractivity (Wildman–Crippen MR) is 65.1 cm³/mol. The highest BCUT2D eigenvalue weighted by molar-refractivity contribution is 4.89. The lowest BCUT2D eigenvalue weighted by molar-refractivity contribution is 0.0299. The molecule has 0 radical (unpaired) electrons. The van der Waals surface area contributed by atoms with Gasteiger partial charge in [-0.3, -0.25) is 4.90 Å². The van der Waals surface area contributed by atoms with E-state index in [1.165, 1.54) is 51.6 Å². The van der Waals surface area contributed by atoms with Crippen LogP contribution in [0.2, 0.25) is 0 Å². The van der Waals surface area contributed by atoms with Gasteiger partial charge in [0.1, 0.15) is 0 Å². The largest absolute Gasteiger partial charge is 0.314 e. The summed E-state index contributed by atoms with van der Waals surface area (Å²) >= 11 is 0. The predicted octanol–water partition coefficient (Wildman–Crippen LogP) is 2.39. The molecule has 1 N–H and O–H groups in total. The van der Waals surface area contributed by atoms with E-state index in [9.17, 15) is 0 Å². The van der Waals surface area contributed by atoms with Gasteiger partial charge in [-0.15, -0.1) is 0 Å². The molecule has 1 unspecified atom stereocenters. The fourth-order valence-electron chi connectivity index (χ4n) is 3.04. The molecule has 1 atom stereocenters. The SMILES string of the molecule is CCCNC1CCC(N2CCC2C)CC1. The molecule has 2 fully saturated rings. The maximum atomic E-state index is 3.66. The van der Waals surface area contributed by atoms with Crippen LogP contribution in [0.5, 0.6) is 0 Å². The molecule has 15 heavy (non-hydrogen) atoms. The normalized spacial score (nSPS) is 37.6. The summed E-state index contributed by atoms with van der Waals surface area (Å²) in [6, 6.07) is 2.60. The van der Waals surface area contributed by atoms with E-state index in [4.69, 9.17) is 0 Å². The van der Waals surface area contributed by atoms with Crippen molar-refractivity contribution in [2.24, 2.45) is 0 Å². The van der Waals surface area contributed by atoms with Crippen LogP contribution < -0.4 is 5.32 Å². The number of nitrogens with one attached hydrogen (secondary N) is 1. The lowest BCUT2D eigenvalue weighted by atomic mass is 9.87. The second-order valence-electron chi connectivity index (χ2n) is 5.34. The maximum Gasteiger partial charge on any atom is 0.00992 e. The number of likely N-dealkylation sites (tertiary alicyclic amines) is 1. The van der Waals surface area contributed by atoms with Crippen molar-refractivity contribution < 1.29 is 0 Å². The van der Waals surface area contributed by atoms with Gasteiger partial charge in [0.2, 0.25) is 0 Å². The van der Waals surface area contributed by atoms with E-state index >= 15 is 0 Å². The van der Waals surface area contributed by atoms with E-state index in [2.05, 4.69) is 24.1 Å². The first-order valence-corrected chi connectivity index (χ1v) is 6.80. The maximum absolute atomic E-state index is 3.66. The summed E-state index contributed by atoms with van der Waals surface area (Å²) < 4.78 is 0. The molecule has 2 heteroatoms. The zero-order valence-electron chi connectivity index (χ0n) is 10.3. The van der Waals surface area contributed by atoms with Crippen LogP contribution in [0.4, 0.5) is 0 Å². The minimum Gasteiger partial charge on any atom is -0.314 e. The Bertz CT molecular complexity index is 185. The van der Waals surface area contributed by atoms with Gasteiger partial charge in [0, 0.05) is 24.7 Å². The Labute approximate surface area is 94.4 Å². The van der Waals surface area contributed by atoms with Gasteiger partial charge in [0.05, 0.1) is 0 Å². The molecular weight excluding hydrogens is 184 g/mol. The van der Waals surface area contributed by atoms with Crippen molar-refractivity contribution in [1.29, 1.82) is 0 Å². The first-order valence-electron chi connectivity index (χ1n) is 6.80. The summed E-state index contributed by atoms with van der Waals surface area (Å²) in [5, 5.41) is 3.66. The van der Waals surface area contributed by atoms with Gasteiger partial charge in [0.15, 0.2) is 0 Å². The molecule has 0 bridgehead atoms. The molecule has 1 saturated carbocycles. The van der Waals surface area contributed by atoms with Gasteiger partial charge in [-0.25, -0.2) is 0 Å². The van der Waals surface area contributed by atoms with E-state index < -0.39 is 0 Å². The third-order valence-electron chi connectivity index (χ3n) is 4.22. The fourth-order valence-corrected chi connectivity index (χ4v) is 3.04. The van der Waals surface area contributed by atoms with E-state index in [1.54, 1.807) is 0 Å². The Morgan fingerprint density at radius 1 is 1.13 bits per heavy atom. The molecule has 0 spiro atoms. The molecule has 1 aliphatic carbocycles. The summed E-state index contributed by atoms with van der Waals surface area (Å²) in [5.74, 6) is 0. The van der Waals surface area contributed by atoms with Crippen LogP contribution in [-0.2, 0) is 0 Å². The third-order valence-corrected chi connectivity index (χ3v) is 4.22. The summed E-state index contributed by atoms with van der Waals surface area (Å²) in [6.45, 7) is 7.19. The van der Waals surface area contributed by atoms with E-state index in [0.29, 0.717) is 0 Å². The molecule has 1 saturated heterocycles. The fraction of sp³-hybridized carbons (Fsp3) is 1.00. The number of rotatable bonds is 4. The Balaban J connectivity index is 1.67. The van der Waals surface area contributed by atoms with Crippen LogP contribution in [0.15, 0.2) is 0 Å². The van der Waals surface area contributed by atoms with Crippen LogP contribution in [-0.4, -0.2) is 36.1 Å². The molecule has 2 nitrogen and oxygen atoms in total. The smallest absolute Gasteiger partial charge is 0.00992 e. The first-order chi connectivity index (χ1) is 7.31. The molecule has 1 heterocycles. The Hall–Kier alpha value is -0.0800. The molecule has 0 amide bonds. The number of hydrogen-bond donors (Lipinski definition) is 1. The van der Waals surface area contributed by atoms with Crippen molar-refractivity contribution in [2.75, 3.05) is 13.1 Å². The van der Waals surface area contributed by atoms with Crippen molar-refractivity contribution in [3.8, 4) is 0 Å². The zero-order chi connectivity index (χ0) is 10.7. The molecule has 2 aliphatic rings. The van der Waals surface area contributed by atoms with Gasteiger partial charge in [0.25, 0.3) is 0 Å². The monoisotopic (exact) mass is 210 g/mol. The van der Waals surface area contributed by atoms with Crippen molar-refractivity contribution >= 4 is 0 Å². The van der Waals surface area contributed by atoms with Crippen molar-refractivity contribution in [3.63, 3.8) is 0 Å². The Kier molecular flexibility index (Phi) is 4.04. The number of nitrogens with zero attached hydrogens (tertiary/aromatic N) is 1. The molecule has 88 valence electrons. The molecule has 0 aromatic heterocycles. The molecule has 0 aromatic carbocycles. The van der Waals surface area contributed by atoms with Gasteiger partial charge in [-0.2, -0.15) is 0 Å². The standard InChI is InChI=1S/C13H26N2/c1-3-9-14-12-4-6-13(7-5-12)15-10-8-11(15)2/h11-14H,3-10H2,1-2H3. The highest BCUT2D eigenvalue weighted by atomic mass is 15.2. The van der Waals surface area contributed by atoms with Crippen LogP contribution in [0.25, 0.3) is 0 Å². The summed E-state index contributed by atoms with van der Waals surface area (Å²) in [6.07, 6.45) is 8.33. The Morgan fingerprint density at radius 2 is 1.87 bits per heavy atom. The number of hydrogen-bond acceptors (Lipinski definition) is 2. The van der Waals surface area contributed by atoms with Gasteiger partial charge < -0.3 is 5.32 Å². The Morgan fingerprint density at radius 3 is 2.33 bits per heavy atom.